The number of carbonyl (C=O) groups excluding carboxylic acids is 1. The minimum atomic E-state index is -1.68. The minimum absolute atomic E-state index is 0.286. The number of aldehydes is 1. The van der Waals surface area contributed by atoms with Crippen LogP contribution in [0.1, 0.15) is 19.3 Å². The Morgan fingerprint density at radius 1 is 1.44 bits per heavy atom. The van der Waals surface area contributed by atoms with E-state index in [0.29, 0.717) is 12.8 Å². The standard InChI is InChI=1S/C5H10O3S/c6-4-2-1-3-5-9(7)8/h4H,1-3,5H2,(H,7,8). The summed E-state index contributed by atoms with van der Waals surface area (Å²) in [6.45, 7) is 0. The van der Waals surface area contributed by atoms with E-state index < -0.39 is 11.1 Å². The van der Waals surface area contributed by atoms with Gasteiger partial charge in [0.15, 0.2) is 11.1 Å². The van der Waals surface area contributed by atoms with Crippen molar-refractivity contribution in [3.8, 4) is 0 Å². The highest BCUT2D eigenvalue weighted by atomic mass is 32.2. The lowest BCUT2D eigenvalue weighted by Gasteiger charge is -1.90. The van der Waals surface area contributed by atoms with Crippen molar-refractivity contribution in [1.29, 1.82) is 0 Å². The van der Waals surface area contributed by atoms with Gasteiger partial charge in [-0.1, -0.05) is 0 Å². The fourth-order valence-electron chi connectivity index (χ4n) is 0.453. The third-order valence-corrected chi connectivity index (χ3v) is 1.53. The first-order valence-corrected chi connectivity index (χ1v) is 4.06. The number of hydrogen-bond donors (Lipinski definition) is 1. The fourth-order valence-corrected chi connectivity index (χ4v) is 0.904. The van der Waals surface area contributed by atoms with Crippen molar-refractivity contribution in [2.75, 3.05) is 5.75 Å². The van der Waals surface area contributed by atoms with E-state index in [4.69, 9.17) is 4.55 Å². The first-order valence-electron chi connectivity index (χ1n) is 2.78. The zero-order valence-corrected chi connectivity index (χ0v) is 5.89. The Kier molecular flexibility index (Phi) is 5.76. The van der Waals surface area contributed by atoms with Crippen LogP contribution >= 0.6 is 0 Å². The molecule has 1 unspecified atom stereocenters. The summed E-state index contributed by atoms with van der Waals surface area (Å²) in [6.07, 6.45) is 2.69. The molecule has 0 saturated carbocycles. The maximum atomic E-state index is 9.99. The van der Waals surface area contributed by atoms with Crippen molar-refractivity contribution in [3.05, 3.63) is 0 Å². The molecule has 1 N–H and O–H groups in total. The summed E-state index contributed by atoms with van der Waals surface area (Å²) in [5.74, 6) is 0.286. The smallest absolute Gasteiger partial charge is 0.152 e. The highest BCUT2D eigenvalue weighted by Crippen LogP contribution is 1.92. The van der Waals surface area contributed by atoms with Crippen molar-refractivity contribution in [2.45, 2.75) is 19.3 Å². The molecule has 3 nitrogen and oxygen atoms in total. The lowest BCUT2D eigenvalue weighted by molar-refractivity contribution is -0.107. The summed E-state index contributed by atoms with van der Waals surface area (Å²) in [6, 6.07) is 0. The van der Waals surface area contributed by atoms with E-state index in [-0.39, 0.29) is 5.75 Å². The highest BCUT2D eigenvalue weighted by Gasteiger charge is 1.91. The summed E-state index contributed by atoms with van der Waals surface area (Å²) in [5, 5.41) is 0. The maximum absolute atomic E-state index is 9.99. The van der Waals surface area contributed by atoms with E-state index in [1.54, 1.807) is 0 Å². The van der Waals surface area contributed by atoms with Crippen LogP contribution in [0.5, 0.6) is 0 Å². The molecule has 0 bridgehead atoms. The SMILES string of the molecule is O=CCCCCS(=O)O. The Hall–Kier alpha value is -0.220. The molecule has 0 aliphatic rings. The largest absolute Gasteiger partial charge is 0.306 e. The van der Waals surface area contributed by atoms with Crippen LogP contribution in [-0.2, 0) is 15.9 Å². The summed E-state index contributed by atoms with van der Waals surface area (Å²) in [7, 11) is 0. The van der Waals surface area contributed by atoms with E-state index in [1.807, 2.05) is 0 Å². The van der Waals surface area contributed by atoms with Gasteiger partial charge in [0.1, 0.15) is 6.29 Å². The van der Waals surface area contributed by atoms with Crippen molar-refractivity contribution in [2.24, 2.45) is 0 Å². The predicted molar refractivity (Wildman–Crippen MR) is 35.6 cm³/mol. The van der Waals surface area contributed by atoms with Gasteiger partial charge in [0.05, 0.1) is 0 Å². The number of hydrogen-bond acceptors (Lipinski definition) is 2. The predicted octanol–water partition coefficient (Wildman–Crippen LogP) is 0.577. The van der Waals surface area contributed by atoms with Gasteiger partial charge in [0.25, 0.3) is 0 Å². The molecule has 0 radical (unpaired) electrons. The second-order valence-electron chi connectivity index (χ2n) is 1.69. The van der Waals surface area contributed by atoms with Gasteiger partial charge < -0.3 is 9.35 Å². The minimum Gasteiger partial charge on any atom is -0.306 e. The molecule has 54 valence electrons. The molecule has 0 amide bonds. The molecular formula is C5H10O3S. The number of unbranched alkanes of at least 4 members (excludes halogenated alkanes) is 2. The molecule has 0 aliphatic carbocycles. The summed E-state index contributed by atoms with van der Waals surface area (Å²) in [4.78, 5) is 9.71. The zero-order valence-electron chi connectivity index (χ0n) is 5.08. The van der Waals surface area contributed by atoms with E-state index >= 15 is 0 Å². The van der Waals surface area contributed by atoms with E-state index in [2.05, 4.69) is 0 Å². The first kappa shape index (κ1) is 8.78. The average Bonchev–Trinajstić information content (AvgIpc) is 1.80. The van der Waals surface area contributed by atoms with Crippen LogP contribution in [0, 0.1) is 0 Å². The van der Waals surface area contributed by atoms with Crippen molar-refractivity contribution < 1.29 is 13.6 Å². The van der Waals surface area contributed by atoms with Gasteiger partial charge in [-0.2, -0.15) is 0 Å². The summed E-state index contributed by atoms with van der Waals surface area (Å²) < 4.78 is 18.2. The zero-order chi connectivity index (χ0) is 7.11. The summed E-state index contributed by atoms with van der Waals surface area (Å²) in [5.41, 5.74) is 0. The molecule has 4 heteroatoms. The van der Waals surface area contributed by atoms with Crippen molar-refractivity contribution >= 4 is 17.4 Å². The molecule has 0 rings (SSSR count). The Bertz CT molecular complexity index is 102. The van der Waals surface area contributed by atoms with Crippen LogP contribution in [0.2, 0.25) is 0 Å². The third-order valence-electron chi connectivity index (χ3n) is 0.891. The van der Waals surface area contributed by atoms with Gasteiger partial charge in [-0.25, -0.2) is 4.21 Å². The lowest BCUT2D eigenvalue weighted by atomic mass is 10.3. The molecule has 0 spiro atoms. The van der Waals surface area contributed by atoms with Gasteiger partial charge in [0.2, 0.25) is 0 Å². The Balaban J connectivity index is 2.91. The van der Waals surface area contributed by atoms with Crippen LogP contribution in [0.4, 0.5) is 0 Å². The number of rotatable bonds is 5. The number of carbonyl (C=O) groups is 1. The molecule has 0 fully saturated rings. The Morgan fingerprint density at radius 3 is 2.56 bits per heavy atom. The second-order valence-corrected chi connectivity index (χ2v) is 2.74. The van der Waals surface area contributed by atoms with E-state index in [1.165, 1.54) is 0 Å². The van der Waals surface area contributed by atoms with Gasteiger partial charge in [-0.3, -0.25) is 0 Å². The van der Waals surface area contributed by atoms with Crippen LogP contribution in [-0.4, -0.2) is 20.8 Å². The molecule has 0 saturated heterocycles. The monoisotopic (exact) mass is 150 g/mol. The van der Waals surface area contributed by atoms with Crippen LogP contribution in [0.3, 0.4) is 0 Å². The van der Waals surface area contributed by atoms with E-state index in [9.17, 15) is 9.00 Å². The van der Waals surface area contributed by atoms with E-state index in [0.717, 1.165) is 12.7 Å². The molecule has 0 aromatic rings. The highest BCUT2D eigenvalue weighted by molar-refractivity contribution is 7.79. The fraction of sp³-hybridized carbons (Fsp3) is 0.800. The van der Waals surface area contributed by atoms with Gasteiger partial charge in [0, 0.05) is 12.2 Å². The normalized spacial score (nSPS) is 13.0. The molecule has 0 heterocycles. The van der Waals surface area contributed by atoms with Gasteiger partial charge in [-0.05, 0) is 12.8 Å². The van der Waals surface area contributed by atoms with Crippen LogP contribution in [0.15, 0.2) is 0 Å². The average molecular weight is 150 g/mol. The summed E-state index contributed by atoms with van der Waals surface area (Å²) >= 11 is -1.68. The Morgan fingerprint density at radius 2 is 2.11 bits per heavy atom. The topological polar surface area (TPSA) is 54.4 Å². The molecule has 0 aliphatic heterocycles. The molecule has 0 aromatic carbocycles. The molecular weight excluding hydrogens is 140 g/mol. The molecule has 9 heavy (non-hydrogen) atoms. The quantitative estimate of drug-likeness (QED) is 0.354. The van der Waals surface area contributed by atoms with Crippen LogP contribution < -0.4 is 0 Å². The maximum Gasteiger partial charge on any atom is 0.152 e. The second kappa shape index (κ2) is 5.91. The molecule has 0 aromatic heterocycles. The third kappa shape index (κ3) is 7.78. The Labute approximate surface area is 56.7 Å². The van der Waals surface area contributed by atoms with Crippen molar-refractivity contribution in [3.63, 3.8) is 0 Å². The molecule has 1 atom stereocenters. The van der Waals surface area contributed by atoms with Crippen molar-refractivity contribution in [1.82, 2.24) is 0 Å². The van der Waals surface area contributed by atoms with Crippen LogP contribution in [0.25, 0.3) is 0 Å². The lowest BCUT2D eigenvalue weighted by Crippen LogP contribution is -1.94. The first-order chi connectivity index (χ1) is 4.27. The van der Waals surface area contributed by atoms with Gasteiger partial charge in [-0.15, -0.1) is 0 Å². The van der Waals surface area contributed by atoms with Gasteiger partial charge >= 0.3 is 0 Å².